The third-order valence-corrected chi connectivity index (χ3v) is 15.2. The smallest absolute Gasteiger partial charge is 0.0555 e. The molecule has 0 saturated heterocycles. The molecule has 0 aliphatic heterocycles. The second-order valence-electron chi connectivity index (χ2n) is 18.1. The van der Waals surface area contributed by atoms with E-state index in [0.717, 1.165) is 22.7 Å². The van der Waals surface area contributed by atoms with E-state index in [1.54, 1.807) is 0 Å². The summed E-state index contributed by atoms with van der Waals surface area (Å²) in [5.74, 6) is 0. The van der Waals surface area contributed by atoms with Crippen LogP contribution in [0.25, 0.3) is 92.2 Å². The zero-order chi connectivity index (χ0) is 43.9. The largest absolute Gasteiger partial charge is 0.309 e. The van der Waals surface area contributed by atoms with Gasteiger partial charge in [0.15, 0.2) is 0 Å². The van der Waals surface area contributed by atoms with Gasteiger partial charge in [0, 0.05) is 53.3 Å². The molecule has 0 spiro atoms. The molecule has 1 aliphatic rings. The van der Waals surface area contributed by atoms with Crippen LogP contribution >= 0.6 is 11.3 Å². The summed E-state index contributed by atoms with van der Waals surface area (Å²) in [7, 11) is 0. The summed E-state index contributed by atoms with van der Waals surface area (Å²) in [5, 5.41) is 5.04. The summed E-state index contributed by atoms with van der Waals surface area (Å²) in [6, 6.07) is 85.1. The van der Waals surface area contributed by atoms with E-state index in [9.17, 15) is 0 Å². The summed E-state index contributed by atoms with van der Waals surface area (Å²) in [6.07, 6.45) is 0. The fourth-order valence-corrected chi connectivity index (χ4v) is 12.1. The minimum absolute atomic E-state index is 0.0627. The highest BCUT2D eigenvalue weighted by atomic mass is 32.1. The number of aromatic nitrogens is 1. The molecular weight excluding hydrogens is 817 g/mol. The van der Waals surface area contributed by atoms with Gasteiger partial charge in [0.1, 0.15) is 0 Å². The predicted octanol–water partition coefficient (Wildman–Crippen LogP) is 17.9. The molecule has 3 heteroatoms. The van der Waals surface area contributed by atoms with Gasteiger partial charge in [-0.15, -0.1) is 11.3 Å². The number of benzene rings is 10. The van der Waals surface area contributed by atoms with Gasteiger partial charge in [0.25, 0.3) is 0 Å². The lowest BCUT2D eigenvalue weighted by Gasteiger charge is -2.29. The molecule has 2 nitrogen and oxygen atoms in total. The summed E-state index contributed by atoms with van der Waals surface area (Å²) in [5.41, 5.74) is 19.5. The molecule has 66 heavy (non-hydrogen) atoms. The molecule has 12 aromatic rings. The Morgan fingerprint density at radius 3 is 1.77 bits per heavy atom. The first-order valence-electron chi connectivity index (χ1n) is 22.8. The first kappa shape index (κ1) is 38.5. The molecule has 0 saturated carbocycles. The quantitative estimate of drug-likeness (QED) is 0.155. The average Bonchev–Trinajstić information content (AvgIpc) is 4.01. The van der Waals surface area contributed by atoms with E-state index in [0.29, 0.717) is 0 Å². The van der Waals surface area contributed by atoms with Crippen LogP contribution in [0.1, 0.15) is 25.0 Å². The van der Waals surface area contributed by atoms with Crippen LogP contribution in [0.4, 0.5) is 17.1 Å². The Morgan fingerprint density at radius 2 is 0.985 bits per heavy atom. The number of fused-ring (bicyclic) bond motifs is 9. The van der Waals surface area contributed by atoms with Crippen LogP contribution in [0.5, 0.6) is 0 Å². The molecule has 0 fully saturated rings. The van der Waals surface area contributed by atoms with Gasteiger partial charge in [-0.05, 0) is 111 Å². The third kappa shape index (κ3) is 5.94. The van der Waals surface area contributed by atoms with Gasteiger partial charge in [0.2, 0.25) is 0 Å². The zero-order valence-corrected chi connectivity index (χ0v) is 37.6. The topological polar surface area (TPSA) is 8.17 Å². The highest BCUT2D eigenvalue weighted by Gasteiger charge is 2.35. The lowest BCUT2D eigenvalue weighted by atomic mass is 9.82. The van der Waals surface area contributed by atoms with Crippen LogP contribution in [-0.4, -0.2) is 4.57 Å². The van der Waals surface area contributed by atoms with Gasteiger partial charge in [-0.2, -0.15) is 0 Å². The Balaban J connectivity index is 1.03. The molecular formula is C63H44N2S. The monoisotopic (exact) mass is 860 g/mol. The Bertz CT molecular complexity index is 3800. The number of nitrogens with zero attached hydrogens (tertiary/aromatic N) is 2. The van der Waals surface area contributed by atoms with Crippen molar-refractivity contribution in [1.29, 1.82) is 0 Å². The minimum atomic E-state index is -0.0627. The Hall–Kier alpha value is -7.98. The first-order valence-corrected chi connectivity index (χ1v) is 23.7. The second kappa shape index (κ2) is 15.1. The van der Waals surface area contributed by atoms with E-state index < -0.39 is 0 Å². The molecule has 0 radical (unpaired) electrons. The molecule has 312 valence electrons. The van der Waals surface area contributed by atoms with E-state index in [2.05, 4.69) is 254 Å². The molecule has 0 bridgehead atoms. The van der Waals surface area contributed by atoms with Crippen LogP contribution < -0.4 is 4.90 Å². The SMILES string of the molecule is CC1(C)c2ccccc2-c2cc(-c3ccccc3N(c3ccc(-c4ccccc4)cc3)c3ccc(-c4cccc(-n5c6ccccc6c6ccccc65)c4)c4sc5ccccc5c34)ccc21. The highest BCUT2D eigenvalue weighted by Crippen LogP contribution is 2.53. The normalized spacial score (nSPS) is 12.8. The summed E-state index contributed by atoms with van der Waals surface area (Å²) in [4.78, 5) is 2.51. The van der Waals surface area contributed by atoms with Crippen LogP contribution in [-0.2, 0) is 5.41 Å². The van der Waals surface area contributed by atoms with E-state index in [-0.39, 0.29) is 5.41 Å². The van der Waals surface area contributed by atoms with Crippen molar-refractivity contribution in [2.45, 2.75) is 19.3 Å². The van der Waals surface area contributed by atoms with Crippen molar-refractivity contribution in [3.8, 4) is 50.2 Å². The molecule has 2 aromatic heterocycles. The Morgan fingerprint density at radius 1 is 0.394 bits per heavy atom. The second-order valence-corrected chi connectivity index (χ2v) is 19.1. The van der Waals surface area contributed by atoms with Gasteiger partial charge in [-0.3, -0.25) is 0 Å². The van der Waals surface area contributed by atoms with E-state index in [1.165, 1.54) is 97.6 Å². The lowest BCUT2D eigenvalue weighted by Crippen LogP contribution is -2.14. The average molecular weight is 861 g/mol. The molecule has 1 aliphatic carbocycles. The van der Waals surface area contributed by atoms with Crippen molar-refractivity contribution in [2.24, 2.45) is 0 Å². The predicted molar refractivity (Wildman–Crippen MR) is 282 cm³/mol. The van der Waals surface area contributed by atoms with Crippen LogP contribution in [0.15, 0.2) is 231 Å². The maximum atomic E-state index is 2.51. The fraction of sp³-hybridized carbons (Fsp3) is 0.0476. The molecule has 0 N–H and O–H groups in total. The van der Waals surface area contributed by atoms with Gasteiger partial charge in [0.05, 0.1) is 22.4 Å². The molecule has 13 rings (SSSR count). The van der Waals surface area contributed by atoms with Crippen molar-refractivity contribution < 1.29 is 0 Å². The molecule has 0 unspecified atom stereocenters. The Labute approximate surface area is 388 Å². The molecule has 0 amide bonds. The Kier molecular flexibility index (Phi) is 8.78. The van der Waals surface area contributed by atoms with E-state index in [4.69, 9.17) is 0 Å². The number of anilines is 3. The van der Waals surface area contributed by atoms with Crippen LogP contribution in [0.3, 0.4) is 0 Å². The van der Waals surface area contributed by atoms with E-state index >= 15 is 0 Å². The highest BCUT2D eigenvalue weighted by molar-refractivity contribution is 7.26. The fourth-order valence-electron chi connectivity index (χ4n) is 10.9. The van der Waals surface area contributed by atoms with Gasteiger partial charge >= 0.3 is 0 Å². The molecule has 10 aromatic carbocycles. The molecule has 2 heterocycles. The number of para-hydroxylation sites is 3. The number of thiophene rings is 1. The van der Waals surface area contributed by atoms with Gasteiger partial charge < -0.3 is 9.47 Å². The lowest BCUT2D eigenvalue weighted by molar-refractivity contribution is 0.660. The standard InChI is InChI=1S/C63H44N2S/c1-63(2)54-26-11-6-22-49(54)53-40-44(33-37-55(53)63)47-21-7-12-27-56(47)64(45-34-31-42(32-35-45)41-17-4-3-5-18-41)59-38-36-48(62-61(59)52-25-10-15-30-60(52)66-62)43-19-16-20-46(39-43)65-57-28-13-8-23-50(57)51-24-9-14-29-58(51)65/h3-40H,1-2H3. The van der Waals surface area contributed by atoms with Crippen molar-refractivity contribution in [2.75, 3.05) is 4.90 Å². The summed E-state index contributed by atoms with van der Waals surface area (Å²) < 4.78 is 4.96. The van der Waals surface area contributed by atoms with Gasteiger partial charge in [-0.25, -0.2) is 0 Å². The number of hydrogen-bond donors (Lipinski definition) is 0. The summed E-state index contributed by atoms with van der Waals surface area (Å²) >= 11 is 1.89. The van der Waals surface area contributed by atoms with Crippen molar-refractivity contribution in [1.82, 2.24) is 4.57 Å². The third-order valence-electron chi connectivity index (χ3n) is 14.0. The maximum Gasteiger partial charge on any atom is 0.0555 e. The van der Waals surface area contributed by atoms with Crippen molar-refractivity contribution >= 4 is 70.4 Å². The van der Waals surface area contributed by atoms with Crippen LogP contribution in [0, 0.1) is 0 Å². The maximum absolute atomic E-state index is 2.51. The zero-order valence-electron chi connectivity index (χ0n) is 36.7. The van der Waals surface area contributed by atoms with Crippen molar-refractivity contribution in [3.05, 3.63) is 242 Å². The van der Waals surface area contributed by atoms with Crippen LogP contribution in [0.2, 0.25) is 0 Å². The number of hydrogen-bond acceptors (Lipinski definition) is 2. The minimum Gasteiger partial charge on any atom is -0.309 e. The van der Waals surface area contributed by atoms with Crippen molar-refractivity contribution in [3.63, 3.8) is 0 Å². The summed E-state index contributed by atoms with van der Waals surface area (Å²) in [6.45, 7) is 4.71. The first-order chi connectivity index (χ1) is 32.5. The molecule has 0 atom stereocenters. The van der Waals surface area contributed by atoms with E-state index in [1.807, 2.05) is 11.3 Å². The van der Waals surface area contributed by atoms with Gasteiger partial charge in [-0.1, -0.05) is 184 Å². The number of rotatable bonds is 7.